The number of benzene rings is 1. The molecular weight excluding hydrogens is 375 g/mol. The number of aromatic nitrogens is 1. The SMILES string of the molecule is CC1CN(C(=O)OC(C)(C)C)CCN1c1c(C#N)c(=O)n(C)c2ccc(F)cc12. The maximum absolute atomic E-state index is 14.0. The van der Waals surface area contributed by atoms with E-state index in [1.165, 1.54) is 16.7 Å². The first-order valence-corrected chi connectivity index (χ1v) is 9.50. The van der Waals surface area contributed by atoms with E-state index in [-0.39, 0.29) is 11.6 Å². The smallest absolute Gasteiger partial charge is 0.410 e. The third-order valence-electron chi connectivity index (χ3n) is 5.01. The monoisotopic (exact) mass is 400 g/mol. The molecule has 2 aromatic rings. The molecule has 0 aliphatic carbocycles. The van der Waals surface area contributed by atoms with Crippen LogP contribution in [0.4, 0.5) is 14.9 Å². The molecule has 1 aliphatic rings. The van der Waals surface area contributed by atoms with Crippen LogP contribution in [-0.4, -0.2) is 46.8 Å². The summed E-state index contributed by atoms with van der Waals surface area (Å²) in [6.07, 6.45) is -0.399. The highest BCUT2D eigenvalue weighted by molar-refractivity contribution is 5.95. The number of hydrogen-bond acceptors (Lipinski definition) is 5. The van der Waals surface area contributed by atoms with Crippen molar-refractivity contribution < 1.29 is 13.9 Å². The topological polar surface area (TPSA) is 78.6 Å². The van der Waals surface area contributed by atoms with E-state index in [1.807, 2.05) is 38.7 Å². The first-order chi connectivity index (χ1) is 13.5. The van der Waals surface area contributed by atoms with Crippen LogP contribution in [0.2, 0.25) is 0 Å². The first kappa shape index (κ1) is 20.6. The van der Waals surface area contributed by atoms with Crippen LogP contribution < -0.4 is 10.5 Å². The highest BCUT2D eigenvalue weighted by atomic mass is 19.1. The van der Waals surface area contributed by atoms with Gasteiger partial charge in [0.2, 0.25) is 0 Å². The quantitative estimate of drug-likeness (QED) is 0.735. The van der Waals surface area contributed by atoms with Crippen molar-refractivity contribution in [3.8, 4) is 6.07 Å². The van der Waals surface area contributed by atoms with Crippen LogP contribution in [-0.2, 0) is 11.8 Å². The number of hydrogen-bond donors (Lipinski definition) is 0. The lowest BCUT2D eigenvalue weighted by molar-refractivity contribution is 0.0219. The van der Waals surface area contributed by atoms with E-state index in [0.29, 0.717) is 36.2 Å². The third kappa shape index (κ3) is 3.90. The number of carbonyl (C=O) groups is 1. The molecule has 1 aliphatic heterocycles. The lowest BCUT2D eigenvalue weighted by Gasteiger charge is -2.42. The van der Waals surface area contributed by atoms with E-state index in [2.05, 4.69) is 0 Å². The van der Waals surface area contributed by atoms with Crippen molar-refractivity contribution in [3.05, 3.63) is 39.9 Å². The molecule has 7 nitrogen and oxygen atoms in total. The normalized spacial score (nSPS) is 17.3. The van der Waals surface area contributed by atoms with E-state index in [4.69, 9.17) is 4.74 Å². The van der Waals surface area contributed by atoms with Crippen molar-refractivity contribution >= 4 is 22.7 Å². The van der Waals surface area contributed by atoms with Crippen LogP contribution in [0.25, 0.3) is 10.9 Å². The summed E-state index contributed by atoms with van der Waals surface area (Å²) in [5.74, 6) is -0.443. The molecule has 1 aromatic carbocycles. The van der Waals surface area contributed by atoms with Gasteiger partial charge in [0, 0.05) is 38.1 Å². The predicted octanol–water partition coefficient (Wildman–Crippen LogP) is 2.99. The van der Waals surface area contributed by atoms with Gasteiger partial charge < -0.3 is 19.1 Å². The number of halogens is 1. The van der Waals surface area contributed by atoms with Crippen LogP contribution in [0.15, 0.2) is 23.0 Å². The number of rotatable bonds is 1. The maximum atomic E-state index is 14.0. The van der Waals surface area contributed by atoms with E-state index >= 15 is 0 Å². The molecule has 1 saturated heterocycles. The number of amides is 1. The van der Waals surface area contributed by atoms with Crippen molar-refractivity contribution in [2.75, 3.05) is 24.5 Å². The molecule has 1 fully saturated rings. The van der Waals surface area contributed by atoms with Crippen molar-refractivity contribution in [2.45, 2.75) is 39.3 Å². The number of ether oxygens (including phenoxy) is 1. The van der Waals surface area contributed by atoms with Crippen LogP contribution in [0.1, 0.15) is 33.3 Å². The molecule has 1 amide bonds. The molecule has 2 heterocycles. The van der Waals surface area contributed by atoms with E-state index in [0.717, 1.165) is 0 Å². The fourth-order valence-corrected chi connectivity index (χ4v) is 3.68. The summed E-state index contributed by atoms with van der Waals surface area (Å²) >= 11 is 0. The first-order valence-electron chi connectivity index (χ1n) is 9.50. The Hall–Kier alpha value is -3.08. The second kappa shape index (κ2) is 7.39. The van der Waals surface area contributed by atoms with Gasteiger partial charge in [0.15, 0.2) is 0 Å². The molecule has 0 bridgehead atoms. The summed E-state index contributed by atoms with van der Waals surface area (Å²) in [7, 11) is 1.57. The van der Waals surface area contributed by atoms with Crippen LogP contribution in [0.3, 0.4) is 0 Å². The van der Waals surface area contributed by atoms with Crippen LogP contribution in [0, 0.1) is 17.1 Å². The fourth-order valence-electron chi connectivity index (χ4n) is 3.68. The minimum absolute atomic E-state index is 0.0248. The summed E-state index contributed by atoms with van der Waals surface area (Å²) in [5, 5.41) is 10.2. The largest absolute Gasteiger partial charge is 0.444 e. The second-order valence-corrected chi connectivity index (χ2v) is 8.33. The number of anilines is 1. The van der Waals surface area contributed by atoms with E-state index < -0.39 is 23.1 Å². The number of piperazine rings is 1. The van der Waals surface area contributed by atoms with Gasteiger partial charge in [-0.1, -0.05) is 0 Å². The number of nitrogens with zero attached hydrogens (tertiary/aromatic N) is 4. The standard InChI is InChI=1S/C21H25FN4O3/c1-13-12-25(20(28)29-21(2,3)4)8-9-26(13)18-15-10-14(22)6-7-17(15)24(5)19(27)16(18)11-23/h6-7,10,13H,8-9,12H2,1-5H3. The molecule has 1 atom stereocenters. The molecule has 8 heteroatoms. The zero-order valence-corrected chi connectivity index (χ0v) is 17.3. The van der Waals surface area contributed by atoms with Crippen molar-refractivity contribution in [3.63, 3.8) is 0 Å². The molecule has 0 spiro atoms. The Bertz CT molecular complexity index is 1060. The third-order valence-corrected chi connectivity index (χ3v) is 5.01. The van der Waals surface area contributed by atoms with Gasteiger partial charge in [-0.25, -0.2) is 9.18 Å². The molecular formula is C21H25FN4O3. The zero-order valence-electron chi connectivity index (χ0n) is 17.3. The van der Waals surface area contributed by atoms with Gasteiger partial charge in [-0.15, -0.1) is 0 Å². The number of carbonyl (C=O) groups excluding carboxylic acids is 1. The molecule has 154 valence electrons. The van der Waals surface area contributed by atoms with Crippen molar-refractivity contribution in [1.82, 2.24) is 9.47 Å². The molecule has 3 rings (SSSR count). The molecule has 0 saturated carbocycles. The Kier molecular flexibility index (Phi) is 5.26. The van der Waals surface area contributed by atoms with Crippen molar-refractivity contribution in [2.24, 2.45) is 7.05 Å². The minimum Gasteiger partial charge on any atom is -0.444 e. The predicted molar refractivity (Wildman–Crippen MR) is 108 cm³/mol. The van der Waals surface area contributed by atoms with Gasteiger partial charge in [0.25, 0.3) is 5.56 Å². The summed E-state index contributed by atoms with van der Waals surface area (Å²) in [6.45, 7) is 8.47. The molecule has 0 radical (unpaired) electrons. The Morgan fingerprint density at radius 2 is 2.00 bits per heavy atom. The Morgan fingerprint density at radius 3 is 2.59 bits per heavy atom. The second-order valence-electron chi connectivity index (χ2n) is 8.33. The fraction of sp³-hybridized carbons (Fsp3) is 0.476. The number of nitriles is 1. The van der Waals surface area contributed by atoms with Gasteiger partial charge in [0.1, 0.15) is 23.1 Å². The highest BCUT2D eigenvalue weighted by Crippen LogP contribution is 2.32. The lowest BCUT2D eigenvalue weighted by Crippen LogP contribution is -2.55. The molecule has 1 unspecified atom stereocenters. The summed E-state index contributed by atoms with van der Waals surface area (Å²) in [4.78, 5) is 28.7. The average Bonchev–Trinajstić information content (AvgIpc) is 2.63. The minimum atomic E-state index is -0.592. The Morgan fingerprint density at radius 1 is 1.31 bits per heavy atom. The summed E-state index contributed by atoms with van der Waals surface area (Å²) in [6, 6.07) is 5.98. The molecule has 29 heavy (non-hydrogen) atoms. The maximum Gasteiger partial charge on any atom is 0.410 e. The van der Waals surface area contributed by atoms with Gasteiger partial charge in [-0.05, 0) is 45.9 Å². The van der Waals surface area contributed by atoms with Gasteiger partial charge in [-0.2, -0.15) is 5.26 Å². The average molecular weight is 400 g/mol. The van der Waals surface area contributed by atoms with Gasteiger partial charge in [0.05, 0.1) is 11.2 Å². The molecule has 1 aromatic heterocycles. The van der Waals surface area contributed by atoms with Gasteiger partial charge in [-0.3, -0.25) is 4.79 Å². The summed E-state index contributed by atoms with van der Waals surface area (Å²) < 4.78 is 20.8. The Balaban J connectivity index is 2.03. The van der Waals surface area contributed by atoms with Crippen molar-refractivity contribution in [1.29, 1.82) is 5.26 Å². The van der Waals surface area contributed by atoms with E-state index in [9.17, 15) is 19.2 Å². The number of fused-ring (bicyclic) bond motifs is 1. The van der Waals surface area contributed by atoms with E-state index in [1.54, 1.807) is 18.0 Å². The number of aryl methyl sites for hydroxylation is 1. The van der Waals surface area contributed by atoms with Gasteiger partial charge >= 0.3 is 6.09 Å². The highest BCUT2D eigenvalue weighted by Gasteiger charge is 2.32. The Labute approximate surface area is 168 Å². The van der Waals surface area contributed by atoms with Crippen LogP contribution >= 0.6 is 0 Å². The zero-order chi connectivity index (χ0) is 21.5. The summed E-state index contributed by atoms with van der Waals surface area (Å²) in [5.41, 5.74) is -0.0784. The molecule has 0 N–H and O–H groups in total. The van der Waals surface area contributed by atoms with Crippen LogP contribution in [0.5, 0.6) is 0 Å². The lowest BCUT2D eigenvalue weighted by atomic mass is 10.0. The number of pyridine rings is 1.